The molecule has 0 bridgehead atoms. The molecule has 2 N–H and O–H groups in total. The van der Waals surface area contributed by atoms with Crippen LogP contribution in [0.25, 0.3) is 0 Å². The average molecular weight is 423 g/mol. The molecule has 0 unspecified atom stereocenters. The minimum absolute atomic E-state index is 0.00963. The third-order valence-electron chi connectivity index (χ3n) is 5.69. The van der Waals surface area contributed by atoms with E-state index in [0.29, 0.717) is 45.0 Å². The molecule has 9 heteroatoms. The normalized spacial score (nSPS) is 15.9. The molecule has 3 heterocycles. The van der Waals surface area contributed by atoms with Crippen LogP contribution in [0.2, 0.25) is 0 Å². The van der Waals surface area contributed by atoms with E-state index in [-0.39, 0.29) is 11.7 Å². The second kappa shape index (κ2) is 8.24. The summed E-state index contributed by atoms with van der Waals surface area (Å²) < 4.78 is 11.6. The number of piperidine rings is 1. The number of nitriles is 1. The Morgan fingerprint density at radius 3 is 2.48 bits per heavy atom. The van der Waals surface area contributed by atoms with Gasteiger partial charge in [0.25, 0.3) is 0 Å². The van der Waals surface area contributed by atoms with E-state index in [0.717, 1.165) is 11.3 Å². The van der Waals surface area contributed by atoms with Gasteiger partial charge in [-0.3, -0.25) is 0 Å². The van der Waals surface area contributed by atoms with Crippen LogP contribution in [0.3, 0.4) is 0 Å². The van der Waals surface area contributed by atoms with Crippen molar-refractivity contribution < 1.29 is 29.3 Å². The molecule has 1 aromatic carbocycles. The summed E-state index contributed by atoms with van der Waals surface area (Å²) >= 11 is 0. The van der Waals surface area contributed by atoms with Gasteiger partial charge in [0.05, 0.1) is 18.8 Å². The van der Waals surface area contributed by atoms with Gasteiger partial charge in [-0.2, -0.15) is 5.26 Å². The van der Waals surface area contributed by atoms with Crippen molar-refractivity contribution in [3.8, 4) is 11.8 Å². The number of aromatic carboxylic acids is 2. The molecule has 2 aliphatic rings. The Morgan fingerprint density at radius 2 is 1.84 bits per heavy atom. The SMILES string of the molecule is Cc1c(N2CCC(Oc3ccc4c(c3)COC4)CC2)nc(C#N)c(C(=O)O)c1C(=O)O. The van der Waals surface area contributed by atoms with Crippen molar-refractivity contribution in [2.24, 2.45) is 0 Å². The monoisotopic (exact) mass is 423 g/mol. The number of anilines is 1. The number of hydrogen-bond acceptors (Lipinski definition) is 7. The molecule has 0 atom stereocenters. The fraction of sp³-hybridized carbons (Fsp3) is 0.364. The van der Waals surface area contributed by atoms with E-state index in [2.05, 4.69) is 4.98 Å². The Bertz CT molecular complexity index is 1100. The largest absolute Gasteiger partial charge is 0.490 e. The van der Waals surface area contributed by atoms with Gasteiger partial charge in [0.2, 0.25) is 0 Å². The van der Waals surface area contributed by atoms with Crippen LogP contribution in [0, 0.1) is 18.3 Å². The molecule has 0 amide bonds. The number of carboxylic acids is 2. The van der Waals surface area contributed by atoms with E-state index in [9.17, 15) is 25.1 Å². The fourth-order valence-electron chi connectivity index (χ4n) is 4.13. The van der Waals surface area contributed by atoms with E-state index >= 15 is 0 Å². The number of fused-ring (bicyclic) bond motifs is 1. The summed E-state index contributed by atoms with van der Waals surface area (Å²) in [5.74, 6) is -1.76. The van der Waals surface area contributed by atoms with E-state index in [1.54, 1.807) is 6.07 Å². The lowest BCUT2D eigenvalue weighted by molar-refractivity contribution is 0.0650. The van der Waals surface area contributed by atoms with Crippen LogP contribution in [0.5, 0.6) is 5.75 Å². The third-order valence-corrected chi connectivity index (χ3v) is 5.69. The molecular formula is C22H21N3O6. The van der Waals surface area contributed by atoms with Gasteiger partial charge in [0.1, 0.15) is 29.3 Å². The number of benzene rings is 1. The molecule has 0 radical (unpaired) electrons. The molecule has 0 spiro atoms. The van der Waals surface area contributed by atoms with Gasteiger partial charge in [0.15, 0.2) is 5.69 Å². The number of carboxylic acid groups (broad SMARTS) is 2. The minimum Gasteiger partial charge on any atom is -0.490 e. The van der Waals surface area contributed by atoms with Gasteiger partial charge >= 0.3 is 11.9 Å². The lowest BCUT2D eigenvalue weighted by Crippen LogP contribution is -2.39. The Hall–Kier alpha value is -3.64. The first kappa shape index (κ1) is 20.6. The van der Waals surface area contributed by atoms with Gasteiger partial charge in [0, 0.05) is 31.5 Å². The topological polar surface area (TPSA) is 133 Å². The van der Waals surface area contributed by atoms with Crippen LogP contribution < -0.4 is 9.64 Å². The lowest BCUT2D eigenvalue weighted by Gasteiger charge is -2.34. The van der Waals surface area contributed by atoms with Crippen molar-refractivity contribution in [2.45, 2.75) is 39.1 Å². The molecule has 0 aliphatic carbocycles. The molecule has 4 rings (SSSR count). The number of pyridine rings is 1. The first-order valence-corrected chi connectivity index (χ1v) is 9.91. The van der Waals surface area contributed by atoms with Gasteiger partial charge in [-0.15, -0.1) is 0 Å². The summed E-state index contributed by atoms with van der Waals surface area (Å²) in [6.45, 7) is 3.83. The van der Waals surface area contributed by atoms with Crippen LogP contribution in [0.4, 0.5) is 5.82 Å². The van der Waals surface area contributed by atoms with Crippen LogP contribution in [-0.2, 0) is 18.0 Å². The fourth-order valence-corrected chi connectivity index (χ4v) is 4.13. The predicted molar refractivity (Wildman–Crippen MR) is 108 cm³/mol. The highest BCUT2D eigenvalue weighted by atomic mass is 16.5. The molecule has 9 nitrogen and oxygen atoms in total. The van der Waals surface area contributed by atoms with Gasteiger partial charge < -0.3 is 24.6 Å². The number of ether oxygens (including phenoxy) is 2. The van der Waals surface area contributed by atoms with E-state index in [4.69, 9.17) is 9.47 Å². The van der Waals surface area contributed by atoms with Crippen LogP contribution >= 0.6 is 0 Å². The molecule has 160 valence electrons. The smallest absolute Gasteiger partial charge is 0.339 e. The highest BCUT2D eigenvalue weighted by molar-refractivity contribution is 6.05. The van der Waals surface area contributed by atoms with Crippen molar-refractivity contribution in [3.63, 3.8) is 0 Å². The van der Waals surface area contributed by atoms with Crippen LogP contribution in [0.1, 0.15) is 55.9 Å². The zero-order valence-electron chi connectivity index (χ0n) is 16.9. The van der Waals surface area contributed by atoms with Gasteiger partial charge in [-0.25, -0.2) is 14.6 Å². The molecule has 0 saturated carbocycles. The summed E-state index contributed by atoms with van der Waals surface area (Å²) in [6, 6.07) is 7.68. The summed E-state index contributed by atoms with van der Waals surface area (Å²) in [5.41, 5.74) is 1.18. The van der Waals surface area contributed by atoms with Gasteiger partial charge in [-0.1, -0.05) is 6.07 Å². The molecule has 2 aliphatic heterocycles. The van der Waals surface area contributed by atoms with Crippen LogP contribution in [-0.4, -0.2) is 46.3 Å². The van der Waals surface area contributed by atoms with E-state index in [1.165, 1.54) is 12.5 Å². The molecule has 1 aromatic heterocycles. The maximum atomic E-state index is 11.7. The highest BCUT2D eigenvalue weighted by Gasteiger charge is 2.30. The third kappa shape index (κ3) is 3.90. The Morgan fingerprint density at radius 1 is 1.16 bits per heavy atom. The van der Waals surface area contributed by atoms with Crippen molar-refractivity contribution in [1.82, 2.24) is 4.98 Å². The Balaban J connectivity index is 1.52. The standard InChI is InChI=1S/C22H21N3O6/c1-12-18(21(26)27)19(22(28)29)17(9-23)24-20(12)25-6-4-15(5-7-25)31-16-3-2-13-10-30-11-14(13)8-16/h2-3,8,15H,4-7,10-11H2,1H3,(H,26,27)(H,28,29). The summed E-state index contributed by atoms with van der Waals surface area (Å²) in [5, 5.41) is 28.3. The number of rotatable bonds is 5. The first-order chi connectivity index (χ1) is 14.9. The molecule has 2 aromatic rings. The van der Waals surface area contributed by atoms with Gasteiger partial charge in [-0.05, 0) is 30.2 Å². The first-order valence-electron chi connectivity index (χ1n) is 9.91. The van der Waals surface area contributed by atoms with Crippen LogP contribution in [0.15, 0.2) is 18.2 Å². The van der Waals surface area contributed by atoms with Crippen molar-refractivity contribution in [3.05, 3.63) is 51.7 Å². The van der Waals surface area contributed by atoms with Crippen molar-refractivity contribution >= 4 is 17.8 Å². The molecule has 1 saturated heterocycles. The Labute approximate surface area is 178 Å². The maximum absolute atomic E-state index is 11.7. The average Bonchev–Trinajstić information content (AvgIpc) is 3.21. The summed E-state index contributed by atoms with van der Waals surface area (Å²) in [6.07, 6.45) is 1.35. The molecule has 31 heavy (non-hydrogen) atoms. The number of carbonyl (C=O) groups is 2. The zero-order chi connectivity index (χ0) is 22.1. The Kier molecular flexibility index (Phi) is 5.48. The summed E-state index contributed by atoms with van der Waals surface area (Å²) in [4.78, 5) is 29.4. The number of aromatic nitrogens is 1. The highest BCUT2D eigenvalue weighted by Crippen LogP contribution is 2.30. The van der Waals surface area contributed by atoms with Crippen molar-refractivity contribution in [2.75, 3.05) is 18.0 Å². The lowest BCUT2D eigenvalue weighted by atomic mass is 9.99. The second-order valence-corrected chi connectivity index (χ2v) is 7.61. The van der Waals surface area contributed by atoms with Crippen molar-refractivity contribution in [1.29, 1.82) is 5.26 Å². The molecule has 1 fully saturated rings. The molecular weight excluding hydrogens is 402 g/mol. The minimum atomic E-state index is -1.48. The number of nitrogens with zero attached hydrogens (tertiary/aromatic N) is 3. The van der Waals surface area contributed by atoms with E-state index in [1.807, 2.05) is 23.1 Å². The predicted octanol–water partition coefficient (Wildman–Crippen LogP) is 2.74. The maximum Gasteiger partial charge on any atom is 0.339 e. The summed E-state index contributed by atoms with van der Waals surface area (Å²) in [7, 11) is 0. The second-order valence-electron chi connectivity index (χ2n) is 7.61. The quantitative estimate of drug-likeness (QED) is 0.744. The zero-order valence-corrected chi connectivity index (χ0v) is 16.9. The number of hydrogen-bond donors (Lipinski definition) is 2. The van der Waals surface area contributed by atoms with E-state index < -0.39 is 28.8 Å².